The van der Waals surface area contributed by atoms with Gasteiger partial charge in [0.1, 0.15) is 5.82 Å². The normalized spacial score (nSPS) is 19.5. The van der Waals surface area contributed by atoms with Gasteiger partial charge in [0.15, 0.2) is 5.78 Å². The van der Waals surface area contributed by atoms with Crippen molar-refractivity contribution in [3.63, 3.8) is 0 Å². The molecule has 1 amide bonds. The Morgan fingerprint density at radius 1 is 1.11 bits per heavy atom. The average Bonchev–Trinajstić information content (AvgIpc) is 2.68. The molecule has 28 heavy (non-hydrogen) atoms. The van der Waals surface area contributed by atoms with E-state index < -0.39 is 11.7 Å². The van der Waals surface area contributed by atoms with Gasteiger partial charge in [-0.3, -0.25) is 14.5 Å². The molecule has 0 spiro atoms. The fourth-order valence-corrected chi connectivity index (χ4v) is 4.36. The molecule has 0 N–H and O–H groups in total. The SMILES string of the molecule is N#Cc1ccc(N2C(=O)CC(c3c(F)cccc3Cl)C3=C2CCCC3=O)cc1. The van der Waals surface area contributed by atoms with Crippen molar-refractivity contribution in [1.82, 2.24) is 0 Å². The first-order valence-corrected chi connectivity index (χ1v) is 9.42. The van der Waals surface area contributed by atoms with Crippen molar-refractivity contribution in [3.8, 4) is 6.07 Å². The van der Waals surface area contributed by atoms with Gasteiger partial charge in [-0.2, -0.15) is 5.26 Å². The smallest absolute Gasteiger partial charge is 0.232 e. The minimum Gasteiger partial charge on any atom is -0.294 e. The van der Waals surface area contributed by atoms with Gasteiger partial charge in [0.25, 0.3) is 0 Å². The Hall–Kier alpha value is -2.97. The molecule has 0 saturated heterocycles. The molecule has 2 aliphatic rings. The number of hydrogen-bond donors (Lipinski definition) is 0. The summed E-state index contributed by atoms with van der Waals surface area (Å²) in [5.74, 6) is -1.49. The Kier molecular flexibility index (Phi) is 4.74. The fourth-order valence-electron chi connectivity index (χ4n) is 4.07. The second-order valence-corrected chi connectivity index (χ2v) is 7.32. The standard InChI is InChI=1S/C22H16ClFN2O2/c23-16-3-1-4-17(24)21(16)15-11-20(28)26(14-9-7-13(12-25)8-10-14)18-5-2-6-19(27)22(15)18/h1,3-4,7-10,15H,2,5-6,11H2. The summed E-state index contributed by atoms with van der Waals surface area (Å²) in [7, 11) is 0. The molecule has 1 heterocycles. The van der Waals surface area contributed by atoms with E-state index in [9.17, 15) is 14.0 Å². The van der Waals surface area contributed by atoms with Crippen molar-refractivity contribution < 1.29 is 14.0 Å². The zero-order valence-corrected chi connectivity index (χ0v) is 15.7. The molecule has 0 radical (unpaired) electrons. The summed E-state index contributed by atoms with van der Waals surface area (Å²) < 4.78 is 14.6. The molecule has 6 heteroatoms. The Balaban J connectivity index is 1.88. The molecule has 2 aromatic carbocycles. The van der Waals surface area contributed by atoms with E-state index in [0.717, 1.165) is 0 Å². The molecule has 2 aromatic rings. The van der Waals surface area contributed by atoms with Gasteiger partial charge in [-0.1, -0.05) is 17.7 Å². The van der Waals surface area contributed by atoms with Crippen LogP contribution in [0.5, 0.6) is 0 Å². The third-order valence-corrected chi connectivity index (χ3v) is 5.61. The van der Waals surface area contributed by atoms with Crippen LogP contribution in [0, 0.1) is 17.1 Å². The lowest BCUT2D eigenvalue weighted by Gasteiger charge is -2.38. The predicted octanol–water partition coefficient (Wildman–Crippen LogP) is 4.88. The number of carbonyl (C=O) groups is 2. The average molecular weight is 395 g/mol. The largest absolute Gasteiger partial charge is 0.294 e. The van der Waals surface area contributed by atoms with Crippen LogP contribution >= 0.6 is 11.6 Å². The predicted molar refractivity (Wildman–Crippen MR) is 103 cm³/mol. The lowest BCUT2D eigenvalue weighted by atomic mass is 9.77. The minimum absolute atomic E-state index is 0.0365. The molecule has 0 aromatic heterocycles. The first kappa shape index (κ1) is 18.4. The number of rotatable bonds is 2. The Morgan fingerprint density at radius 3 is 2.54 bits per heavy atom. The lowest BCUT2D eigenvalue weighted by Crippen LogP contribution is -2.40. The highest BCUT2D eigenvalue weighted by Gasteiger charge is 2.41. The topological polar surface area (TPSA) is 61.2 Å². The maximum absolute atomic E-state index is 14.6. The van der Waals surface area contributed by atoms with Gasteiger partial charge in [0.2, 0.25) is 5.91 Å². The van der Waals surface area contributed by atoms with E-state index in [1.54, 1.807) is 35.2 Å². The summed E-state index contributed by atoms with van der Waals surface area (Å²) >= 11 is 6.25. The number of benzene rings is 2. The first-order chi connectivity index (χ1) is 13.5. The van der Waals surface area contributed by atoms with Crippen molar-refractivity contribution in [2.24, 2.45) is 0 Å². The van der Waals surface area contributed by atoms with Crippen LogP contribution in [0.4, 0.5) is 10.1 Å². The van der Waals surface area contributed by atoms with Gasteiger partial charge in [-0.05, 0) is 49.2 Å². The molecule has 0 saturated carbocycles. The molecule has 140 valence electrons. The molecular formula is C22H16ClFN2O2. The third-order valence-electron chi connectivity index (χ3n) is 5.28. The summed E-state index contributed by atoms with van der Waals surface area (Å²) in [6, 6.07) is 13.1. The van der Waals surface area contributed by atoms with E-state index in [1.807, 2.05) is 6.07 Å². The van der Waals surface area contributed by atoms with Gasteiger partial charge < -0.3 is 0 Å². The molecule has 1 aliphatic heterocycles. The highest BCUT2D eigenvalue weighted by atomic mass is 35.5. The maximum atomic E-state index is 14.6. The number of halogens is 2. The van der Waals surface area contributed by atoms with Crippen LogP contribution in [-0.4, -0.2) is 11.7 Å². The summed E-state index contributed by atoms with van der Waals surface area (Å²) in [6.07, 6.45) is 1.52. The highest BCUT2D eigenvalue weighted by Crippen LogP contribution is 2.45. The van der Waals surface area contributed by atoms with Crippen LogP contribution in [0.3, 0.4) is 0 Å². The van der Waals surface area contributed by atoms with Gasteiger partial charge in [-0.15, -0.1) is 0 Å². The molecule has 4 nitrogen and oxygen atoms in total. The van der Waals surface area contributed by atoms with Crippen molar-refractivity contribution in [2.75, 3.05) is 4.90 Å². The van der Waals surface area contributed by atoms with E-state index in [0.29, 0.717) is 41.8 Å². The van der Waals surface area contributed by atoms with E-state index in [4.69, 9.17) is 16.9 Å². The molecular weight excluding hydrogens is 379 g/mol. The lowest BCUT2D eigenvalue weighted by molar-refractivity contribution is -0.119. The van der Waals surface area contributed by atoms with E-state index in [-0.39, 0.29) is 28.7 Å². The van der Waals surface area contributed by atoms with Crippen molar-refractivity contribution in [2.45, 2.75) is 31.6 Å². The highest BCUT2D eigenvalue weighted by molar-refractivity contribution is 6.31. The van der Waals surface area contributed by atoms with Crippen LogP contribution in [0.25, 0.3) is 0 Å². The molecule has 1 aliphatic carbocycles. The van der Waals surface area contributed by atoms with Crippen LogP contribution in [0.2, 0.25) is 5.02 Å². The maximum Gasteiger partial charge on any atom is 0.232 e. The number of Topliss-reactive ketones (excluding diaryl/α,β-unsaturated/α-hetero) is 1. The number of nitriles is 1. The monoisotopic (exact) mass is 394 g/mol. The van der Waals surface area contributed by atoms with Crippen molar-refractivity contribution in [3.05, 3.63) is 75.7 Å². The Bertz CT molecular complexity index is 1030. The quantitative estimate of drug-likeness (QED) is 0.729. The van der Waals surface area contributed by atoms with Crippen LogP contribution in [0.1, 0.15) is 42.7 Å². The Labute approximate surface area is 166 Å². The third kappa shape index (κ3) is 3.00. The molecule has 4 rings (SSSR count). The number of carbonyl (C=O) groups excluding carboxylic acids is 2. The molecule has 1 atom stereocenters. The summed E-state index contributed by atoms with van der Waals surface area (Å²) in [6.45, 7) is 0. The Morgan fingerprint density at radius 2 is 1.86 bits per heavy atom. The van der Waals surface area contributed by atoms with Gasteiger partial charge in [0, 0.05) is 46.3 Å². The molecule has 0 fully saturated rings. The van der Waals surface area contributed by atoms with Crippen LogP contribution in [0.15, 0.2) is 53.7 Å². The number of nitrogens with zero attached hydrogens (tertiary/aromatic N) is 2. The zero-order chi connectivity index (χ0) is 19.8. The van der Waals surface area contributed by atoms with Crippen LogP contribution < -0.4 is 4.90 Å². The number of amides is 1. The van der Waals surface area contributed by atoms with Gasteiger partial charge in [-0.25, -0.2) is 4.39 Å². The molecule has 1 unspecified atom stereocenters. The second kappa shape index (κ2) is 7.21. The molecule has 0 bridgehead atoms. The fraction of sp³-hybridized carbons (Fsp3) is 0.227. The minimum atomic E-state index is -0.682. The van der Waals surface area contributed by atoms with E-state index in [1.165, 1.54) is 12.1 Å². The number of ketones is 1. The van der Waals surface area contributed by atoms with Gasteiger partial charge >= 0.3 is 0 Å². The number of hydrogen-bond acceptors (Lipinski definition) is 3. The van der Waals surface area contributed by atoms with Crippen molar-refractivity contribution >= 4 is 29.0 Å². The second-order valence-electron chi connectivity index (χ2n) is 6.92. The summed E-state index contributed by atoms with van der Waals surface area (Å²) in [5.41, 5.74) is 2.38. The van der Waals surface area contributed by atoms with E-state index in [2.05, 4.69) is 0 Å². The number of allylic oxidation sites excluding steroid dienone is 2. The number of anilines is 1. The zero-order valence-electron chi connectivity index (χ0n) is 14.9. The van der Waals surface area contributed by atoms with Gasteiger partial charge in [0.05, 0.1) is 11.6 Å². The van der Waals surface area contributed by atoms with E-state index >= 15 is 0 Å². The summed E-state index contributed by atoms with van der Waals surface area (Å²) in [4.78, 5) is 27.4. The first-order valence-electron chi connectivity index (χ1n) is 9.04. The summed E-state index contributed by atoms with van der Waals surface area (Å²) in [5, 5.41) is 9.21. The van der Waals surface area contributed by atoms with Crippen molar-refractivity contribution in [1.29, 1.82) is 5.26 Å². The van der Waals surface area contributed by atoms with Crippen LogP contribution in [-0.2, 0) is 9.59 Å².